The minimum absolute atomic E-state index is 0.140. The van der Waals surface area contributed by atoms with Crippen molar-refractivity contribution < 1.29 is 4.79 Å². The number of nitrogens with zero attached hydrogens (tertiary/aromatic N) is 2. The predicted molar refractivity (Wildman–Crippen MR) is 111 cm³/mol. The molecular weight excluding hydrogens is 332 g/mol. The average molecular weight is 358 g/mol. The van der Waals surface area contributed by atoms with Gasteiger partial charge in [-0.2, -0.15) is 0 Å². The molecule has 3 nitrogen and oxygen atoms in total. The largest absolute Gasteiger partial charge is 0.358 e. The van der Waals surface area contributed by atoms with E-state index in [0.717, 1.165) is 11.3 Å². The molecule has 3 heteroatoms. The third-order valence-electron chi connectivity index (χ3n) is 4.61. The number of rotatable bonds is 8. The number of hydrogen-bond acceptors (Lipinski definition) is 2. The van der Waals surface area contributed by atoms with Crippen LogP contribution in [0.5, 0.6) is 0 Å². The van der Waals surface area contributed by atoms with Crippen LogP contribution in [0.4, 0.5) is 5.69 Å². The minimum Gasteiger partial charge on any atom is -0.358 e. The lowest BCUT2D eigenvalue weighted by Crippen LogP contribution is -2.39. The van der Waals surface area contributed by atoms with Crippen LogP contribution in [0, 0.1) is 0 Å². The van der Waals surface area contributed by atoms with Crippen molar-refractivity contribution in [2.75, 3.05) is 18.0 Å². The van der Waals surface area contributed by atoms with Crippen LogP contribution in [-0.4, -0.2) is 23.9 Å². The minimum atomic E-state index is 0.140. The molecule has 0 aliphatic rings. The normalized spacial score (nSPS) is 10.4. The van der Waals surface area contributed by atoms with Gasteiger partial charge >= 0.3 is 0 Å². The average Bonchev–Trinajstić information content (AvgIpc) is 2.73. The van der Waals surface area contributed by atoms with E-state index in [2.05, 4.69) is 41.3 Å². The molecule has 0 bridgehead atoms. The zero-order valence-electron chi connectivity index (χ0n) is 15.8. The summed E-state index contributed by atoms with van der Waals surface area (Å²) in [5, 5.41) is 0. The maximum absolute atomic E-state index is 13.0. The summed E-state index contributed by atoms with van der Waals surface area (Å²) < 4.78 is 0. The summed E-state index contributed by atoms with van der Waals surface area (Å²) in [5.41, 5.74) is 3.41. The molecule has 3 aromatic rings. The number of para-hydroxylation sites is 1. The Hall–Kier alpha value is -3.07. The lowest BCUT2D eigenvalue weighted by molar-refractivity contribution is -0.130. The molecule has 0 aliphatic carbocycles. The molecule has 3 aromatic carbocycles. The van der Waals surface area contributed by atoms with Crippen molar-refractivity contribution >= 4 is 11.6 Å². The number of benzene rings is 3. The Labute approximate surface area is 161 Å². The number of anilines is 1. The molecule has 0 aromatic heterocycles. The summed E-state index contributed by atoms with van der Waals surface area (Å²) in [6, 6.07) is 30.6. The van der Waals surface area contributed by atoms with Gasteiger partial charge in [-0.05, 0) is 30.2 Å². The van der Waals surface area contributed by atoms with Gasteiger partial charge in [0.1, 0.15) is 0 Å². The topological polar surface area (TPSA) is 23.6 Å². The van der Waals surface area contributed by atoms with Crippen LogP contribution in [0.3, 0.4) is 0 Å². The molecule has 27 heavy (non-hydrogen) atoms. The Kier molecular flexibility index (Phi) is 6.64. The van der Waals surface area contributed by atoms with Crippen molar-refractivity contribution in [1.82, 2.24) is 4.90 Å². The molecular formula is C24H26N2O. The van der Waals surface area contributed by atoms with Gasteiger partial charge in [-0.15, -0.1) is 0 Å². The monoisotopic (exact) mass is 358 g/mol. The van der Waals surface area contributed by atoms with E-state index in [-0.39, 0.29) is 5.91 Å². The first-order valence-corrected chi connectivity index (χ1v) is 9.42. The molecule has 0 N–H and O–H groups in total. The van der Waals surface area contributed by atoms with E-state index in [1.807, 2.05) is 66.4 Å². The quantitative estimate of drug-likeness (QED) is 0.580. The van der Waals surface area contributed by atoms with E-state index in [0.29, 0.717) is 26.2 Å². The van der Waals surface area contributed by atoms with Crippen molar-refractivity contribution in [3.05, 3.63) is 102 Å². The van der Waals surface area contributed by atoms with Crippen molar-refractivity contribution in [1.29, 1.82) is 0 Å². The molecule has 0 aliphatic heterocycles. The lowest BCUT2D eigenvalue weighted by Gasteiger charge is -2.28. The van der Waals surface area contributed by atoms with E-state index in [9.17, 15) is 4.79 Å². The second-order valence-corrected chi connectivity index (χ2v) is 6.57. The van der Waals surface area contributed by atoms with Gasteiger partial charge in [-0.3, -0.25) is 4.79 Å². The van der Waals surface area contributed by atoms with Crippen LogP contribution in [0.1, 0.15) is 18.1 Å². The van der Waals surface area contributed by atoms with Gasteiger partial charge in [0.25, 0.3) is 0 Å². The number of hydrogen-bond donors (Lipinski definition) is 0. The van der Waals surface area contributed by atoms with Crippen LogP contribution >= 0.6 is 0 Å². The number of carbonyl (C=O) groups excluding carboxylic acids is 1. The maximum atomic E-state index is 13.0. The van der Waals surface area contributed by atoms with Gasteiger partial charge in [0.15, 0.2) is 0 Å². The van der Waals surface area contributed by atoms with Gasteiger partial charge in [0.05, 0.1) is 6.54 Å². The number of carbonyl (C=O) groups is 1. The highest BCUT2D eigenvalue weighted by Crippen LogP contribution is 2.17. The van der Waals surface area contributed by atoms with Crippen molar-refractivity contribution in [2.24, 2.45) is 0 Å². The number of likely N-dealkylation sites (N-methyl/N-ethyl adjacent to an activating group) is 1. The fraction of sp³-hybridized carbons (Fsp3) is 0.208. The standard InChI is InChI=1S/C24H26N2O/c1-2-25(18-21-12-6-3-7-13-21)24(27)20-26(23-16-10-5-11-17-23)19-22-14-8-4-9-15-22/h3-17H,2,18-20H2,1H3. The van der Waals surface area contributed by atoms with Crippen LogP contribution in [-0.2, 0) is 17.9 Å². The van der Waals surface area contributed by atoms with Crippen molar-refractivity contribution in [3.8, 4) is 0 Å². The van der Waals surface area contributed by atoms with Gasteiger partial charge in [0, 0.05) is 25.3 Å². The molecule has 138 valence electrons. The fourth-order valence-corrected chi connectivity index (χ4v) is 3.12. The SMILES string of the molecule is CCN(Cc1ccccc1)C(=O)CN(Cc1ccccc1)c1ccccc1. The first-order chi connectivity index (χ1) is 13.3. The highest BCUT2D eigenvalue weighted by atomic mass is 16.2. The zero-order chi connectivity index (χ0) is 18.9. The van der Waals surface area contributed by atoms with Gasteiger partial charge < -0.3 is 9.80 Å². The Balaban J connectivity index is 1.74. The van der Waals surface area contributed by atoms with Crippen LogP contribution in [0.2, 0.25) is 0 Å². The highest BCUT2D eigenvalue weighted by molar-refractivity contribution is 5.81. The molecule has 3 rings (SSSR count). The zero-order valence-corrected chi connectivity index (χ0v) is 15.8. The second kappa shape index (κ2) is 9.58. The summed E-state index contributed by atoms with van der Waals surface area (Å²) in [6.07, 6.45) is 0. The predicted octanol–water partition coefficient (Wildman–Crippen LogP) is 4.74. The second-order valence-electron chi connectivity index (χ2n) is 6.57. The van der Waals surface area contributed by atoms with E-state index >= 15 is 0 Å². The fourth-order valence-electron chi connectivity index (χ4n) is 3.12. The first kappa shape index (κ1) is 18.7. The molecule has 0 unspecified atom stereocenters. The van der Waals surface area contributed by atoms with E-state index < -0.39 is 0 Å². The van der Waals surface area contributed by atoms with Gasteiger partial charge in [-0.1, -0.05) is 78.9 Å². The Morgan fingerprint density at radius 1 is 0.704 bits per heavy atom. The molecule has 0 atom stereocenters. The molecule has 0 radical (unpaired) electrons. The summed E-state index contributed by atoms with van der Waals surface area (Å²) in [5.74, 6) is 0.140. The summed E-state index contributed by atoms with van der Waals surface area (Å²) in [7, 11) is 0. The van der Waals surface area contributed by atoms with Crippen molar-refractivity contribution in [3.63, 3.8) is 0 Å². The first-order valence-electron chi connectivity index (χ1n) is 9.42. The Bertz CT molecular complexity index is 819. The van der Waals surface area contributed by atoms with Gasteiger partial charge in [0.2, 0.25) is 5.91 Å². The molecule has 0 fully saturated rings. The van der Waals surface area contributed by atoms with E-state index in [4.69, 9.17) is 0 Å². The van der Waals surface area contributed by atoms with Crippen LogP contribution < -0.4 is 4.90 Å². The van der Waals surface area contributed by atoms with Crippen molar-refractivity contribution in [2.45, 2.75) is 20.0 Å². The third-order valence-corrected chi connectivity index (χ3v) is 4.61. The summed E-state index contributed by atoms with van der Waals surface area (Å²) in [6.45, 7) is 4.44. The molecule has 0 saturated heterocycles. The third kappa shape index (κ3) is 5.45. The molecule has 0 spiro atoms. The Morgan fingerprint density at radius 3 is 1.70 bits per heavy atom. The lowest BCUT2D eigenvalue weighted by atomic mass is 10.2. The summed E-state index contributed by atoms with van der Waals surface area (Å²) >= 11 is 0. The molecule has 0 saturated carbocycles. The van der Waals surface area contributed by atoms with Gasteiger partial charge in [-0.25, -0.2) is 0 Å². The molecule has 0 heterocycles. The van der Waals surface area contributed by atoms with E-state index in [1.54, 1.807) is 0 Å². The van der Waals surface area contributed by atoms with E-state index in [1.165, 1.54) is 5.56 Å². The Morgan fingerprint density at radius 2 is 1.19 bits per heavy atom. The highest BCUT2D eigenvalue weighted by Gasteiger charge is 2.17. The summed E-state index contributed by atoms with van der Waals surface area (Å²) in [4.78, 5) is 17.1. The smallest absolute Gasteiger partial charge is 0.242 e. The van der Waals surface area contributed by atoms with Crippen LogP contribution in [0.25, 0.3) is 0 Å². The van der Waals surface area contributed by atoms with Crippen LogP contribution in [0.15, 0.2) is 91.0 Å². The number of amides is 1. The molecule has 1 amide bonds. The maximum Gasteiger partial charge on any atom is 0.242 e.